The van der Waals surface area contributed by atoms with Gasteiger partial charge in [-0.3, -0.25) is 4.99 Å². The van der Waals surface area contributed by atoms with Gasteiger partial charge in [-0.1, -0.05) is 20.8 Å². The monoisotopic (exact) mass is 221 g/mol. The number of hydrogen-bond acceptors (Lipinski definition) is 3. The van der Waals surface area contributed by atoms with E-state index in [1.165, 1.54) is 19.3 Å². The fourth-order valence-electron chi connectivity index (χ4n) is 4.29. The molecule has 0 saturated heterocycles. The van der Waals surface area contributed by atoms with E-state index in [2.05, 4.69) is 36.4 Å². The third-order valence-corrected chi connectivity index (χ3v) is 5.22. The Balaban J connectivity index is 1.82. The summed E-state index contributed by atoms with van der Waals surface area (Å²) in [5.74, 6) is 1.93. The molecule has 2 bridgehead atoms. The second-order valence-corrected chi connectivity index (χ2v) is 6.65. The third-order valence-electron chi connectivity index (χ3n) is 5.22. The Morgan fingerprint density at radius 2 is 2.19 bits per heavy atom. The minimum atomic E-state index is 0.416. The molecule has 0 spiro atoms. The normalized spacial score (nSPS) is 44.3. The largest absolute Gasteiger partial charge is 0.355 e. The predicted molar refractivity (Wildman–Crippen MR) is 66.5 cm³/mol. The molecule has 16 heavy (non-hydrogen) atoms. The summed E-state index contributed by atoms with van der Waals surface area (Å²) in [6, 6.07) is 0.586. The quantitative estimate of drug-likeness (QED) is 0.708. The summed E-state index contributed by atoms with van der Waals surface area (Å²) in [5, 5.41) is 7.02. The van der Waals surface area contributed by atoms with E-state index in [9.17, 15) is 0 Å². The van der Waals surface area contributed by atoms with Gasteiger partial charge in [0.2, 0.25) is 0 Å². The minimum absolute atomic E-state index is 0.416. The molecule has 3 rings (SSSR count). The fraction of sp³-hybridized carbons (Fsp3) is 0.923. The fourth-order valence-corrected chi connectivity index (χ4v) is 4.29. The van der Waals surface area contributed by atoms with Crippen molar-refractivity contribution in [2.75, 3.05) is 13.1 Å². The summed E-state index contributed by atoms with van der Waals surface area (Å²) in [5.41, 5.74) is 0.904. The van der Waals surface area contributed by atoms with E-state index in [4.69, 9.17) is 0 Å². The Labute approximate surface area is 98.1 Å². The van der Waals surface area contributed by atoms with Crippen molar-refractivity contribution in [1.29, 1.82) is 0 Å². The lowest BCUT2D eigenvalue weighted by Crippen LogP contribution is -2.54. The Morgan fingerprint density at radius 1 is 1.38 bits per heavy atom. The van der Waals surface area contributed by atoms with Gasteiger partial charge in [0.05, 0.1) is 6.54 Å². The lowest BCUT2D eigenvalue weighted by Gasteiger charge is -2.43. The smallest absolute Gasteiger partial charge is 0.191 e. The molecule has 2 saturated carbocycles. The number of nitrogens with zero attached hydrogens (tertiary/aromatic N) is 1. The number of guanidine groups is 1. The second kappa shape index (κ2) is 3.14. The molecule has 2 N–H and O–H groups in total. The molecule has 0 aromatic rings. The lowest BCUT2D eigenvalue weighted by molar-refractivity contribution is 0.124. The molecule has 3 nitrogen and oxygen atoms in total. The first kappa shape index (κ1) is 10.4. The van der Waals surface area contributed by atoms with Gasteiger partial charge in [-0.2, -0.15) is 0 Å². The SMILES string of the molecule is CC12CCC(C1)C(C)(C)C2NC1=NCCN1. The van der Waals surface area contributed by atoms with Gasteiger partial charge in [-0.05, 0) is 36.0 Å². The van der Waals surface area contributed by atoms with E-state index in [1.54, 1.807) is 0 Å². The van der Waals surface area contributed by atoms with Crippen LogP contribution >= 0.6 is 0 Å². The van der Waals surface area contributed by atoms with Crippen LogP contribution in [0.1, 0.15) is 40.0 Å². The molecule has 2 fully saturated rings. The average Bonchev–Trinajstić information content (AvgIpc) is 2.85. The van der Waals surface area contributed by atoms with E-state index in [0.717, 1.165) is 25.0 Å². The predicted octanol–water partition coefficient (Wildman–Crippen LogP) is 1.75. The summed E-state index contributed by atoms with van der Waals surface area (Å²) in [4.78, 5) is 4.47. The summed E-state index contributed by atoms with van der Waals surface area (Å²) >= 11 is 0. The van der Waals surface area contributed by atoms with Crippen molar-refractivity contribution >= 4 is 5.96 Å². The van der Waals surface area contributed by atoms with Crippen LogP contribution in [-0.4, -0.2) is 25.1 Å². The third kappa shape index (κ3) is 1.30. The molecule has 0 aromatic carbocycles. The van der Waals surface area contributed by atoms with Gasteiger partial charge in [0.25, 0.3) is 0 Å². The van der Waals surface area contributed by atoms with Crippen molar-refractivity contribution in [2.24, 2.45) is 21.7 Å². The summed E-state index contributed by atoms with van der Waals surface area (Å²) in [6.07, 6.45) is 4.19. The molecule has 3 unspecified atom stereocenters. The molecule has 90 valence electrons. The van der Waals surface area contributed by atoms with Crippen LogP contribution in [0, 0.1) is 16.7 Å². The van der Waals surface area contributed by atoms with Crippen molar-refractivity contribution in [1.82, 2.24) is 10.6 Å². The zero-order valence-electron chi connectivity index (χ0n) is 10.6. The Hall–Kier alpha value is -0.730. The van der Waals surface area contributed by atoms with Crippen LogP contribution in [-0.2, 0) is 0 Å². The summed E-state index contributed by atoms with van der Waals surface area (Å²) in [7, 11) is 0. The Bertz CT molecular complexity index is 329. The number of hydrogen-bond donors (Lipinski definition) is 2. The van der Waals surface area contributed by atoms with Crippen LogP contribution < -0.4 is 10.6 Å². The zero-order chi connectivity index (χ0) is 11.4. The standard InChI is InChI=1S/C13H23N3/c1-12(2)9-4-5-13(3,8-9)10(12)16-11-14-6-7-15-11/h9-10H,4-8H2,1-3H3,(H2,14,15,16). The molecular weight excluding hydrogens is 198 g/mol. The first-order valence-corrected chi connectivity index (χ1v) is 6.57. The van der Waals surface area contributed by atoms with Crippen LogP contribution in [0.3, 0.4) is 0 Å². The van der Waals surface area contributed by atoms with Gasteiger partial charge in [0, 0.05) is 12.6 Å². The van der Waals surface area contributed by atoms with E-state index < -0.39 is 0 Å². The van der Waals surface area contributed by atoms with Crippen molar-refractivity contribution in [3.05, 3.63) is 0 Å². The highest BCUT2D eigenvalue weighted by atomic mass is 15.2. The van der Waals surface area contributed by atoms with Crippen molar-refractivity contribution < 1.29 is 0 Å². The molecule has 1 aliphatic heterocycles. The highest BCUT2D eigenvalue weighted by molar-refractivity contribution is 5.81. The summed E-state index contributed by atoms with van der Waals surface area (Å²) in [6.45, 7) is 9.23. The molecule has 0 aromatic heterocycles. The maximum atomic E-state index is 4.47. The molecular formula is C13H23N3. The van der Waals surface area contributed by atoms with Gasteiger partial charge in [0.15, 0.2) is 5.96 Å². The number of aliphatic imine (C=N–C) groups is 1. The van der Waals surface area contributed by atoms with Crippen LogP contribution in [0.15, 0.2) is 4.99 Å². The molecule has 3 aliphatic rings. The van der Waals surface area contributed by atoms with Gasteiger partial charge in [-0.25, -0.2) is 0 Å². The Morgan fingerprint density at radius 3 is 2.75 bits per heavy atom. The van der Waals surface area contributed by atoms with Crippen LogP contribution in [0.5, 0.6) is 0 Å². The topological polar surface area (TPSA) is 36.4 Å². The molecule has 0 amide bonds. The van der Waals surface area contributed by atoms with Crippen molar-refractivity contribution in [3.63, 3.8) is 0 Å². The lowest BCUT2D eigenvalue weighted by atomic mass is 9.68. The van der Waals surface area contributed by atoms with Gasteiger partial charge < -0.3 is 10.6 Å². The molecule has 3 heteroatoms. The van der Waals surface area contributed by atoms with Crippen molar-refractivity contribution in [2.45, 2.75) is 46.1 Å². The number of fused-ring (bicyclic) bond motifs is 2. The van der Waals surface area contributed by atoms with Crippen LogP contribution in [0.25, 0.3) is 0 Å². The number of nitrogens with one attached hydrogen (secondary N) is 2. The number of rotatable bonds is 1. The molecule has 0 radical (unpaired) electrons. The second-order valence-electron chi connectivity index (χ2n) is 6.65. The molecule has 2 aliphatic carbocycles. The Kier molecular flexibility index (Phi) is 2.05. The molecule has 1 heterocycles. The van der Waals surface area contributed by atoms with E-state index in [-0.39, 0.29) is 0 Å². The average molecular weight is 221 g/mol. The molecule has 3 atom stereocenters. The highest BCUT2D eigenvalue weighted by Crippen LogP contribution is 2.62. The van der Waals surface area contributed by atoms with Gasteiger partial charge in [0.1, 0.15) is 0 Å². The maximum Gasteiger partial charge on any atom is 0.191 e. The van der Waals surface area contributed by atoms with E-state index in [0.29, 0.717) is 16.9 Å². The zero-order valence-corrected chi connectivity index (χ0v) is 10.6. The first-order valence-electron chi connectivity index (χ1n) is 6.57. The minimum Gasteiger partial charge on any atom is -0.355 e. The highest BCUT2D eigenvalue weighted by Gasteiger charge is 2.59. The van der Waals surface area contributed by atoms with E-state index in [1.807, 2.05) is 0 Å². The van der Waals surface area contributed by atoms with Crippen molar-refractivity contribution in [3.8, 4) is 0 Å². The van der Waals surface area contributed by atoms with Crippen LogP contribution in [0.4, 0.5) is 0 Å². The van der Waals surface area contributed by atoms with Crippen LogP contribution in [0.2, 0.25) is 0 Å². The first-order chi connectivity index (χ1) is 7.52. The van der Waals surface area contributed by atoms with E-state index >= 15 is 0 Å². The van der Waals surface area contributed by atoms with Gasteiger partial charge in [-0.15, -0.1) is 0 Å². The summed E-state index contributed by atoms with van der Waals surface area (Å²) < 4.78 is 0. The maximum absolute atomic E-state index is 4.47. The van der Waals surface area contributed by atoms with Gasteiger partial charge >= 0.3 is 0 Å².